The predicted molar refractivity (Wildman–Crippen MR) is 179 cm³/mol. The Hall–Kier alpha value is -4.60. The van der Waals surface area contributed by atoms with E-state index in [9.17, 15) is 5.11 Å². The molecule has 0 aromatic heterocycles. The molecule has 0 unspecified atom stereocenters. The van der Waals surface area contributed by atoms with E-state index < -0.39 is 0 Å². The number of ether oxygens (including phenoxy) is 6. The first-order valence-electron chi connectivity index (χ1n) is 16.1. The highest BCUT2D eigenvalue weighted by Crippen LogP contribution is 2.54. The second-order valence-corrected chi connectivity index (χ2v) is 12.6. The van der Waals surface area contributed by atoms with E-state index in [1.54, 1.807) is 34.5 Å². The molecule has 4 aliphatic heterocycles. The SMILES string of the molecule is COc1cc2c3c(c1OC)Oc1c(OC)c(OC)cc4c1[C@H](Cc1ccc(O)c(c1)Oc1ccc(cc1)C[C@@H]2N(C)CC3)N(C)CC4. The smallest absolute Gasteiger partial charge is 0.204 e. The first-order valence-corrected chi connectivity index (χ1v) is 16.1. The minimum atomic E-state index is -0.0737. The van der Waals surface area contributed by atoms with Crippen LogP contribution in [-0.2, 0) is 25.7 Å². The lowest BCUT2D eigenvalue weighted by Gasteiger charge is -2.38. The van der Waals surface area contributed by atoms with E-state index in [-0.39, 0.29) is 17.8 Å². The van der Waals surface area contributed by atoms with E-state index in [4.69, 9.17) is 28.4 Å². The highest BCUT2D eigenvalue weighted by Gasteiger charge is 2.36. The minimum absolute atomic E-state index is 0.0623. The second-order valence-electron chi connectivity index (χ2n) is 12.6. The summed E-state index contributed by atoms with van der Waals surface area (Å²) in [5.74, 6) is 4.72. The zero-order valence-corrected chi connectivity index (χ0v) is 27.9. The quantitative estimate of drug-likeness (QED) is 0.258. The Labute approximate surface area is 276 Å². The number of aromatic hydroxyl groups is 1. The van der Waals surface area contributed by atoms with Gasteiger partial charge in [-0.3, -0.25) is 9.80 Å². The van der Waals surface area contributed by atoms with Crippen molar-refractivity contribution in [3.05, 3.63) is 88.0 Å². The maximum absolute atomic E-state index is 10.8. The van der Waals surface area contributed by atoms with Crippen LogP contribution in [0.5, 0.6) is 51.7 Å². The molecule has 0 saturated heterocycles. The molecule has 0 amide bonds. The lowest BCUT2D eigenvalue weighted by molar-refractivity contribution is 0.217. The molecule has 4 heterocycles. The van der Waals surface area contributed by atoms with Gasteiger partial charge in [-0.25, -0.2) is 0 Å². The van der Waals surface area contributed by atoms with Crippen molar-refractivity contribution in [2.75, 3.05) is 55.6 Å². The van der Waals surface area contributed by atoms with Gasteiger partial charge < -0.3 is 33.5 Å². The van der Waals surface area contributed by atoms with Crippen molar-refractivity contribution in [1.82, 2.24) is 9.80 Å². The molecule has 0 fully saturated rings. The number of benzene rings is 4. The van der Waals surface area contributed by atoms with Gasteiger partial charge in [0.05, 0.1) is 28.4 Å². The van der Waals surface area contributed by atoms with Gasteiger partial charge in [-0.1, -0.05) is 18.2 Å². The van der Waals surface area contributed by atoms with E-state index in [0.29, 0.717) is 52.4 Å². The van der Waals surface area contributed by atoms with E-state index in [1.165, 1.54) is 0 Å². The van der Waals surface area contributed by atoms with Gasteiger partial charge >= 0.3 is 0 Å². The van der Waals surface area contributed by atoms with Crippen molar-refractivity contribution in [3.8, 4) is 51.7 Å². The summed E-state index contributed by atoms with van der Waals surface area (Å²) >= 11 is 0. The van der Waals surface area contributed by atoms with Crippen molar-refractivity contribution in [1.29, 1.82) is 0 Å². The Morgan fingerprint density at radius 2 is 1.32 bits per heavy atom. The van der Waals surface area contributed by atoms with Crippen LogP contribution in [0.25, 0.3) is 0 Å². The van der Waals surface area contributed by atoms with Gasteiger partial charge in [-0.05, 0) is 98.4 Å². The summed E-state index contributed by atoms with van der Waals surface area (Å²) in [6.45, 7) is 1.70. The van der Waals surface area contributed by atoms with Crippen molar-refractivity contribution in [2.45, 2.75) is 37.8 Å². The number of likely N-dealkylation sites (N-methyl/N-ethyl adjacent to an activating group) is 2. The molecule has 4 aromatic rings. The number of methoxy groups -OCH3 is 4. The average molecular weight is 639 g/mol. The number of rotatable bonds is 4. The van der Waals surface area contributed by atoms with Gasteiger partial charge in [0, 0.05) is 36.3 Å². The Kier molecular flexibility index (Phi) is 8.28. The molecule has 2 atom stereocenters. The molecular formula is C38H42N2O7. The minimum Gasteiger partial charge on any atom is -0.504 e. The van der Waals surface area contributed by atoms with Crippen LogP contribution < -0.4 is 28.4 Å². The number of phenols is 1. The molecule has 0 spiro atoms. The van der Waals surface area contributed by atoms with Gasteiger partial charge in [0.2, 0.25) is 11.5 Å². The van der Waals surface area contributed by atoms with E-state index >= 15 is 0 Å². The summed E-state index contributed by atoms with van der Waals surface area (Å²) in [5, 5.41) is 10.8. The summed E-state index contributed by atoms with van der Waals surface area (Å²) < 4.78 is 37.4. The molecule has 0 radical (unpaired) electrons. The van der Waals surface area contributed by atoms with Gasteiger partial charge in [0.15, 0.2) is 34.5 Å². The van der Waals surface area contributed by atoms with Crippen LogP contribution >= 0.6 is 0 Å². The predicted octanol–water partition coefficient (Wildman–Crippen LogP) is 6.87. The van der Waals surface area contributed by atoms with Crippen LogP contribution in [0.15, 0.2) is 54.6 Å². The topological polar surface area (TPSA) is 82.1 Å². The van der Waals surface area contributed by atoms with Crippen LogP contribution in [0.4, 0.5) is 0 Å². The Balaban J connectivity index is 1.51. The molecule has 0 saturated carbocycles. The van der Waals surface area contributed by atoms with Gasteiger partial charge in [0.1, 0.15) is 5.75 Å². The molecule has 4 aromatic carbocycles. The number of fused-ring (bicyclic) bond motifs is 2. The van der Waals surface area contributed by atoms with Gasteiger partial charge in [0.25, 0.3) is 0 Å². The fraction of sp³-hybridized carbons (Fsp3) is 0.368. The van der Waals surface area contributed by atoms with Crippen LogP contribution in [0.3, 0.4) is 0 Å². The van der Waals surface area contributed by atoms with Crippen LogP contribution in [0.2, 0.25) is 0 Å². The molecule has 9 nitrogen and oxygen atoms in total. The second kappa shape index (κ2) is 12.5. The Morgan fingerprint density at radius 1 is 0.681 bits per heavy atom. The Bertz CT molecular complexity index is 1810. The highest BCUT2D eigenvalue weighted by atomic mass is 16.6. The summed E-state index contributed by atoms with van der Waals surface area (Å²) in [6, 6.07) is 17.9. The van der Waals surface area contributed by atoms with Crippen LogP contribution in [0, 0.1) is 0 Å². The molecule has 9 heteroatoms. The lowest BCUT2D eigenvalue weighted by atomic mass is 9.86. The fourth-order valence-corrected chi connectivity index (χ4v) is 7.40. The molecule has 0 aliphatic carbocycles. The molecule has 4 aliphatic rings. The third-order valence-corrected chi connectivity index (χ3v) is 9.96. The fourth-order valence-electron chi connectivity index (χ4n) is 7.40. The first-order chi connectivity index (χ1) is 22.8. The summed E-state index contributed by atoms with van der Waals surface area (Å²) in [6.07, 6.45) is 3.01. The van der Waals surface area contributed by atoms with E-state index in [1.807, 2.05) is 24.3 Å². The van der Waals surface area contributed by atoms with Crippen molar-refractivity contribution < 1.29 is 33.5 Å². The standard InChI is InChI=1S/C38H42N2O7/c1-39-16-14-26-27-21-33(43-4)36(44-5)35(26)47-38-34-24(20-32(42-3)37(38)45-6)13-15-40(2)29(34)18-23-9-12-30(41)31(19-23)46-25-10-7-22(8-11-25)17-28(27)39/h7-12,19-21,28-29,41H,13-18H2,1-6H3/t28-,29-/m0/s1. The Morgan fingerprint density at radius 3 is 2.04 bits per heavy atom. The molecular weight excluding hydrogens is 596 g/mol. The summed E-state index contributed by atoms with van der Waals surface area (Å²) in [5.41, 5.74) is 6.58. The highest BCUT2D eigenvalue weighted by molar-refractivity contribution is 5.67. The first kappa shape index (κ1) is 31.0. The molecule has 8 bridgehead atoms. The molecule has 8 rings (SSSR count). The third kappa shape index (κ3) is 5.47. The normalized spacial score (nSPS) is 19.0. The maximum Gasteiger partial charge on any atom is 0.204 e. The van der Waals surface area contributed by atoms with E-state index in [0.717, 1.165) is 65.7 Å². The third-order valence-electron chi connectivity index (χ3n) is 9.96. The molecule has 47 heavy (non-hydrogen) atoms. The number of hydrogen-bond donors (Lipinski definition) is 1. The van der Waals surface area contributed by atoms with Crippen molar-refractivity contribution in [3.63, 3.8) is 0 Å². The zero-order valence-electron chi connectivity index (χ0n) is 27.9. The molecule has 1 N–H and O–H groups in total. The summed E-state index contributed by atoms with van der Waals surface area (Å²) in [4.78, 5) is 4.72. The largest absolute Gasteiger partial charge is 0.504 e. The lowest BCUT2D eigenvalue weighted by Crippen LogP contribution is -2.34. The number of phenolic OH excluding ortho intramolecular Hbond substituents is 1. The average Bonchev–Trinajstić information content (AvgIpc) is 3.08. The summed E-state index contributed by atoms with van der Waals surface area (Å²) in [7, 11) is 10.9. The van der Waals surface area contributed by atoms with Crippen molar-refractivity contribution in [2.24, 2.45) is 0 Å². The van der Waals surface area contributed by atoms with Crippen LogP contribution in [0.1, 0.15) is 45.5 Å². The monoisotopic (exact) mass is 638 g/mol. The van der Waals surface area contributed by atoms with Crippen LogP contribution in [-0.4, -0.2) is 70.5 Å². The molecule has 246 valence electrons. The number of hydrogen-bond acceptors (Lipinski definition) is 9. The number of nitrogens with zero attached hydrogens (tertiary/aromatic N) is 2. The van der Waals surface area contributed by atoms with E-state index in [2.05, 4.69) is 48.2 Å². The van der Waals surface area contributed by atoms with Crippen molar-refractivity contribution >= 4 is 0 Å². The maximum atomic E-state index is 10.8. The van der Waals surface area contributed by atoms with Gasteiger partial charge in [-0.2, -0.15) is 0 Å². The zero-order chi connectivity index (χ0) is 32.8. The van der Waals surface area contributed by atoms with Gasteiger partial charge in [-0.15, -0.1) is 0 Å².